The van der Waals surface area contributed by atoms with E-state index in [1.54, 1.807) is 6.26 Å². The summed E-state index contributed by atoms with van der Waals surface area (Å²) >= 11 is 5.88. The fraction of sp³-hybridized carbons (Fsp3) is 0.487. The van der Waals surface area contributed by atoms with Crippen LogP contribution in [0.1, 0.15) is 101 Å². The molecule has 0 bridgehead atoms. The van der Waals surface area contributed by atoms with Crippen LogP contribution in [-0.4, -0.2) is 25.8 Å². The first-order valence-corrected chi connectivity index (χ1v) is 19.0. The summed E-state index contributed by atoms with van der Waals surface area (Å²) in [5.41, 5.74) is 5.81. The molecule has 1 amide bonds. The summed E-state index contributed by atoms with van der Waals surface area (Å²) in [4.78, 5) is 41.2. The van der Waals surface area contributed by atoms with Gasteiger partial charge >= 0.3 is 0 Å². The van der Waals surface area contributed by atoms with E-state index in [0.29, 0.717) is 18.7 Å². The van der Waals surface area contributed by atoms with Crippen LogP contribution in [0, 0.1) is 13.8 Å². The van der Waals surface area contributed by atoms with Crippen LogP contribution >= 0.6 is 24.0 Å². The molecule has 2 aromatic carbocycles. The molecular weight excluding hydrogens is 637 g/mol. The van der Waals surface area contributed by atoms with E-state index in [2.05, 4.69) is 38.5 Å². The molecule has 4 rings (SSSR count). The molecule has 1 N–H and O–H groups in total. The average molecular weight is 689 g/mol. The molecule has 0 unspecified atom stereocenters. The predicted molar refractivity (Wildman–Crippen MR) is 208 cm³/mol. The van der Waals surface area contributed by atoms with Crippen LogP contribution in [0.4, 0.5) is 4.79 Å². The number of nitrogens with zero attached hydrogens (tertiary/aromatic N) is 3. The Morgan fingerprint density at radius 3 is 1.69 bits per heavy atom. The molecule has 0 aliphatic carbocycles. The molecule has 0 aliphatic rings. The Labute approximate surface area is 295 Å². The lowest BCUT2D eigenvalue weighted by atomic mass is 10.0. The number of aliphatic imine (C=N–C) groups is 1. The number of para-hydroxylation sites is 2. The van der Waals surface area contributed by atoms with Crippen molar-refractivity contribution in [1.29, 1.82) is 0 Å². The summed E-state index contributed by atoms with van der Waals surface area (Å²) in [7, 11) is 0. The monoisotopic (exact) mass is 688 g/mol. The smallest absolute Gasteiger partial charge is 0.280 e. The number of isothiocyanates is 1. The molecule has 9 heteroatoms. The summed E-state index contributed by atoms with van der Waals surface area (Å²) in [6, 6.07) is 15.4. The number of benzene rings is 2. The van der Waals surface area contributed by atoms with Crippen molar-refractivity contribution in [3.63, 3.8) is 0 Å². The summed E-state index contributed by atoms with van der Waals surface area (Å²) in [6.45, 7) is 9.08. The van der Waals surface area contributed by atoms with E-state index in [4.69, 9.17) is 12.2 Å². The second-order valence-electron chi connectivity index (χ2n) is 12.2. The Morgan fingerprint density at radius 1 is 0.750 bits per heavy atom. The van der Waals surface area contributed by atoms with E-state index in [1.807, 2.05) is 62.4 Å². The number of carbonyl (C=O) groups is 1. The van der Waals surface area contributed by atoms with Gasteiger partial charge < -0.3 is 14.5 Å². The Morgan fingerprint density at radius 2 is 1.21 bits per heavy atom. The summed E-state index contributed by atoms with van der Waals surface area (Å²) in [5, 5.41) is 6.76. The average Bonchev–Trinajstić information content (AvgIpc) is 3.11. The first-order valence-electron chi connectivity index (χ1n) is 17.4. The minimum Gasteiger partial charge on any atom is -0.329 e. The zero-order valence-corrected chi connectivity index (χ0v) is 31.0. The topological polar surface area (TPSA) is 85.5 Å². The van der Waals surface area contributed by atoms with E-state index in [9.17, 15) is 14.4 Å². The minimum absolute atomic E-state index is 0.0608. The summed E-state index contributed by atoms with van der Waals surface area (Å²) in [5.74, 6) is 0. The lowest BCUT2D eigenvalue weighted by Crippen LogP contribution is -2.27. The normalized spacial score (nSPS) is 10.9. The fourth-order valence-electron chi connectivity index (χ4n) is 6.26. The minimum atomic E-state index is -0.0608. The van der Waals surface area contributed by atoms with Gasteiger partial charge in [-0.15, -0.1) is 0 Å². The molecule has 2 aromatic heterocycles. The zero-order valence-electron chi connectivity index (χ0n) is 29.4. The van der Waals surface area contributed by atoms with Crippen LogP contribution in [0.3, 0.4) is 0 Å². The van der Waals surface area contributed by atoms with Gasteiger partial charge in [-0.25, -0.2) is 4.99 Å². The van der Waals surface area contributed by atoms with Gasteiger partial charge in [-0.1, -0.05) is 101 Å². The van der Waals surface area contributed by atoms with E-state index in [-0.39, 0.29) is 16.1 Å². The largest absolute Gasteiger partial charge is 0.329 e. The van der Waals surface area contributed by atoms with Crippen LogP contribution in [0.2, 0.25) is 0 Å². The van der Waals surface area contributed by atoms with E-state index >= 15 is 0 Å². The van der Waals surface area contributed by atoms with Crippen LogP contribution in [0.25, 0.3) is 21.8 Å². The number of aromatic nitrogens is 2. The van der Waals surface area contributed by atoms with Gasteiger partial charge in [0.25, 0.3) is 5.24 Å². The Kier molecular flexibility index (Phi) is 16.8. The van der Waals surface area contributed by atoms with Crippen molar-refractivity contribution in [3.8, 4) is 0 Å². The highest BCUT2D eigenvalue weighted by molar-refractivity contribution is 8.12. The van der Waals surface area contributed by atoms with Gasteiger partial charge in [0, 0.05) is 33.3 Å². The molecule has 7 nitrogen and oxygen atoms in total. The maximum Gasteiger partial charge on any atom is 0.280 e. The quantitative estimate of drug-likeness (QED) is 0.0720. The van der Waals surface area contributed by atoms with Crippen LogP contribution in [0.15, 0.2) is 63.1 Å². The molecule has 0 saturated carbocycles. The van der Waals surface area contributed by atoms with Crippen molar-refractivity contribution in [2.45, 2.75) is 118 Å². The van der Waals surface area contributed by atoms with E-state index < -0.39 is 0 Å². The molecule has 0 saturated heterocycles. The number of hydrogen-bond donors (Lipinski definition) is 1. The number of thioether (sulfide) groups is 1. The molecule has 0 spiro atoms. The summed E-state index contributed by atoms with van der Waals surface area (Å²) < 4.78 is 4.21. The number of unbranched alkanes of at least 4 members (excludes halogenated alkanes) is 8. The molecule has 0 aliphatic heterocycles. The van der Waals surface area contributed by atoms with Crippen molar-refractivity contribution >= 4 is 56.2 Å². The molecule has 0 atom stereocenters. The first kappa shape index (κ1) is 38.9. The molecule has 4 aromatic rings. The van der Waals surface area contributed by atoms with Gasteiger partial charge in [0.05, 0.1) is 22.9 Å². The van der Waals surface area contributed by atoms with Gasteiger partial charge in [0.2, 0.25) is 0 Å². The maximum atomic E-state index is 12.7. The Bertz CT molecular complexity index is 1820. The van der Waals surface area contributed by atoms with Gasteiger partial charge in [0.1, 0.15) is 6.67 Å². The number of pyridine rings is 2. The molecule has 2 heterocycles. The second-order valence-corrected chi connectivity index (χ2v) is 13.2. The molecule has 258 valence electrons. The predicted octanol–water partition coefficient (Wildman–Crippen LogP) is 9.74. The number of fused-ring (bicyclic) bond motifs is 2. The van der Waals surface area contributed by atoms with Gasteiger partial charge in [-0.2, -0.15) is 0 Å². The fourth-order valence-corrected chi connectivity index (χ4v) is 6.52. The number of rotatable bonds is 16. The van der Waals surface area contributed by atoms with Crippen molar-refractivity contribution in [1.82, 2.24) is 14.5 Å². The summed E-state index contributed by atoms with van der Waals surface area (Å²) in [6.07, 6.45) is 15.6. The van der Waals surface area contributed by atoms with Crippen LogP contribution in [0.5, 0.6) is 0 Å². The van der Waals surface area contributed by atoms with Crippen molar-refractivity contribution < 1.29 is 4.79 Å². The van der Waals surface area contributed by atoms with Crippen molar-refractivity contribution in [3.05, 3.63) is 91.5 Å². The van der Waals surface area contributed by atoms with E-state index in [0.717, 1.165) is 76.4 Å². The molecule has 0 radical (unpaired) electrons. The van der Waals surface area contributed by atoms with Gasteiger partial charge in [-0.05, 0) is 82.3 Å². The van der Waals surface area contributed by atoms with E-state index in [1.165, 1.54) is 51.4 Å². The number of carbonyl (C=O) groups excluding carboxylic acids is 1. The molecular formula is C39H52N4O3S2. The maximum absolute atomic E-state index is 12.7. The zero-order chi connectivity index (χ0) is 34.9. The van der Waals surface area contributed by atoms with Gasteiger partial charge in [0.15, 0.2) is 10.9 Å². The third-order valence-corrected chi connectivity index (χ3v) is 9.60. The number of amides is 1. The van der Waals surface area contributed by atoms with Crippen LogP contribution in [-0.2, 0) is 26.2 Å². The lowest BCUT2D eigenvalue weighted by Gasteiger charge is -2.19. The van der Waals surface area contributed by atoms with Crippen molar-refractivity contribution in [2.75, 3.05) is 6.26 Å². The highest BCUT2D eigenvalue weighted by Crippen LogP contribution is 2.20. The SMILES string of the molecule is CCCCCCCc1c(C)c(=O)c2ccccc2n1CN=C=S.CCCCCCCc1c(C)c(=O)c2ccccc2n1CNC(=O)SC. The third kappa shape index (κ3) is 10.5. The molecule has 0 fully saturated rings. The van der Waals surface area contributed by atoms with Gasteiger partial charge in [-0.3, -0.25) is 14.4 Å². The Hall–Kier alpha value is -3.52. The number of hydrogen-bond acceptors (Lipinski definition) is 6. The first-order chi connectivity index (χ1) is 23.3. The van der Waals surface area contributed by atoms with Crippen molar-refractivity contribution in [2.24, 2.45) is 4.99 Å². The number of nitrogens with one attached hydrogen (secondary N) is 1. The van der Waals surface area contributed by atoms with Crippen LogP contribution < -0.4 is 16.2 Å². The Balaban J connectivity index is 0.000000261. The lowest BCUT2D eigenvalue weighted by molar-refractivity contribution is 0.258. The third-order valence-electron chi connectivity index (χ3n) is 8.96. The second kappa shape index (κ2) is 20.8. The highest BCUT2D eigenvalue weighted by atomic mass is 32.2. The molecule has 48 heavy (non-hydrogen) atoms. The highest BCUT2D eigenvalue weighted by Gasteiger charge is 2.15. The standard InChI is InChI=1S/C20H28N2O2S.C19H24N2OS/c1-4-5-6-7-8-12-17-15(2)19(23)16-11-9-10-13-18(16)22(17)14-21-20(24)25-3;1-3-4-5-6-7-11-17-15(2)19(22)16-10-8-9-12-18(16)21(17)13-20-14-23/h9-11,13H,4-8,12,14H2,1-3H3,(H,21,24);8-10,12H,3-7,11,13H2,1-2H3. The number of thiocarbonyl (C=S) groups is 1.